The third-order valence-corrected chi connectivity index (χ3v) is 5.60. The molecule has 1 unspecified atom stereocenters. The molecule has 0 N–H and O–H groups in total. The van der Waals surface area contributed by atoms with E-state index in [0.717, 1.165) is 22.4 Å². The topological polar surface area (TPSA) is 38.8 Å². The number of methoxy groups -OCH3 is 2. The van der Waals surface area contributed by atoms with E-state index in [0.29, 0.717) is 16.5 Å². The Bertz CT molecular complexity index is 1050. The highest BCUT2D eigenvalue weighted by atomic mass is 35.5. The molecule has 0 saturated heterocycles. The zero-order valence-electron chi connectivity index (χ0n) is 15.9. The maximum Gasteiger partial charge on any atom is 0.246 e. The Hall–Kier alpha value is -2.98. The lowest BCUT2D eigenvalue weighted by Gasteiger charge is -2.31. The molecule has 1 heterocycles. The normalized spacial score (nSPS) is 18.1. The molecule has 1 aliphatic heterocycles. The number of nitrogens with zero attached hydrogens (tertiary/aromatic N) is 1. The summed E-state index contributed by atoms with van der Waals surface area (Å²) in [4.78, 5) is 15.5. The average Bonchev–Trinajstić information content (AvgIpc) is 2.95. The van der Waals surface area contributed by atoms with Crippen LogP contribution in [0.15, 0.2) is 66.7 Å². The molecule has 3 aromatic carbocycles. The summed E-state index contributed by atoms with van der Waals surface area (Å²) in [5, 5.41) is 0.578. The van der Waals surface area contributed by atoms with Crippen molar-refractivity contribution in [2.45, 2.75) is 5.41 Å². The van der Waals surface area contributed by atoms with Crippen molar-refractivity contribution in [2.24, 2.45) is 0 Å². The van der Waals surface area contributed by atoms with Crippen molar-refractivity contribution < 1.29 is 14.3 Å². The van der Waals surface area contributed by atoms with E-state index in [-0.39, 0.29) is 5.91 Å². The fraction of sp³-hybridized carbons (Fsp3) is 0.174. The Morgan fingerprint density at radius 1 is 0.893 bits per heavy atom. The zero-order chi connectivity index (χ0) is 19.9. The molecule has 0 spiro atoms. The number of fused-ring (bicyclic) bond motifs is 1. The SMILES string of the molecule is COc1ccc(C2(c3ccccc3)C(=O)N(C)c3ccc(Cl)cc32)c(OC)c1. The van der Waals surface area contributed by atoms with Gasteiger partial charge in [0.25, 0.3) is 0 Å². The van der Waals surface area contributed by atoms with E-state index in [2.05, 4.69) is 0 Å². The zero-order valence-corrected chi connectivity index (χ0v) is 16.7. The van der Waals surface area contributed by atoms with Gasteiger partial charge in [-0.25, -0.2) is 0 Å². The first-order chi connectivity index (χ1) is 13.5. The van der Waals surface area contributed by atoms with Gasteiger partial charge in [-0.05, 0) is 35.9 Å². The Kier molecular flexibility index (Phi) is 4.52. The van der Waals surface area contributed by atoms with Gasteiger partial charge < -0.3 is 14.4 Å². The first-order valence-electron chi connectivity index (χ1n) is 8.90. The summed E-state index contributed by atoms with van der Waals surface area (Å²) >= 11 is 6.36. The van der Waals surface area contributed by atoms with Gasteiger partial charge in [0.15, 0.2) is 0 Å². The number of hydrogen-bond donors (Lipinski definition) is 0. The third-order valence-electron chi connectivity index (χ3n) is 5.37. The van der Waals surface area contributed by atoms with E-state index in [1.165, 1.54) is 0 Å². The number of ether oxygens (including phenoxy) is 2. The number of benzene rings is 3. The van der Waals surface area contributed by atoms with Gasteiger partial charge in [0.1, 0.15) is 16.9 Å². The number of likely N-dealkylation sites (N-methyl/N-ethyl adjacent to an activating group) is 1. The number of carbonyl (C=O) groups is 1. The maximum atomic E-state index is 13.8. The predicted molar refractivity (Wildman–Crippen MR) is 111 cm³/mol. The van der Waals surface area contributed by atoms with Crippen LogP contribution < -0.4 is 14.4 Å². The number of carbonyl (C=O) groups excluding carboxylic acids is 1. The van der Waals surface area contributed by atoms with Crippen LogP contribution in [0, 0.1) is 0 Å². The second-order valence-corrected chi connectivity index (χ2v) is 7.14. The van der Waals surface area contributed by atoms with Crippen molar-refractivity contribution >= 4 is 23.2 Å². The van der Waals surface area contributed by atoms with Gasteiger partial charge in [-0.3, -0.25) is 4.79 Å². The quantitative estimate of drug-likeness (QED) is 0.646. The average molecular weight is 394 g/mol. The number of rotatable bonds is 4. The van der Waals surface area contributed by atoms with Gasteiger partial charge in [0.2, 0.25) is 5.91 Å². The first kappa shape index (κ1) is 18.4. The molecule has 0 radical (unpaired) electrons. The third kappa shape index (κ3) is 2.49. The second kappa shape index (κ2) is 6.88. The summed E-state index contributed by atoms with van der Waals surface area (Å²) in [6.07, 6.45) is 0. The van der Waals surface area contributed by atoms with Gasteiger partial charge in [-0.15, -0.1) is 0 Å². The van der Waals surface area contributed by atoms with Crippen molar-refractivity contribution in [1.29, 1.82) is 0 Å². The van der Waals surface area contributed by atoms with E-state index in [1.54, 1.807) is 38.3 Å². The predicted octanol–water partition coefficient (Wildman–Crippen LogP) is 4.67. The molecule has 28 heavy (non-hydrogen) atoms. The lowest BCUT2D eigenvalue weighted by atomic mass is 9.70. The van der Waals surface area contributed by atoms with E-state index in [9.17, 15) is 4.79 Å². The summed E-state index contributed by atoms with van der Waals surface area (Å²) in [6.45, 7) is 0. The van der Waals surface area contributed by atoms with E-state index in [4.69, 9.17) is 21.1 Å². The molecular formula is C23H20ClNO3. The monoisotopic (exact) mass is 393 g/mol. The Morgan fingerprint density at radius 3 is 2.32 bits per heavy atom. The van der Waals surface area contributed by atoms with Gasteiger partial charge in [-0.1, -0.05) is 41.9 Å². The molecule has 4 nitrogen and oxygen atoms in total. The molecule has 4 rings (SSSR count). The molecule has 3 aromatic rings. The van der Waals surface area contributed by atoms with Crippen LogP contribution >= 0.6 is 11.6 Å². The smallest absolute Gasteiger partial charge is 0.246 e. The standard InChI is InChI=1S/C23H20ClNO3/c1-25-20-12-9-16(24)13-19(20)23(22(25)26,15-7-5-4-6-8-15)18-11-10-17(27-2)14-21(18)28-3/h4-14H,1-3H3. The van der Waals surface area contributed by atoms with E-state index in [1.807, 2.05) is 54.6 Å². The molecule has 0 bridgehead atoms. The number of anilines is 1. The van der Waals surface area contributed by atoms with Gasteiger partial charge >= 0.3 is 0 Å². The van der Waals surface area contributed by atoms with Crippen LogP contribution in [0.2, 0.25) is 5.02 Å². The van der Waals surface area contributed by atoms with Crippen LogP contribution in [0.1, 0.15) is 16.7 Å². The summed E-state index contributed by atoms with van der Waals surface area (Å²) < 4.78 is 11.0. The Morgan fingerprint density at radius 2 is 1.64 bits per heavy atom. The molecule has 142 valence electrons. The Labute approximate surface area is 169 Å². The maximum absolute atomic E-state index is 13.8. The van der Waals surface area contributed by atoms with Crippen molar-refractivity contribution in [3.8, 4) is 11.5 Å². The molecule has 0 aromatic heterocycles. The van der Waals surface area contributed by atoms with E-state index >= 15 is 0 Å². The Balaban J connectivity index is 2.13. The highest BCUT2D eigenvalue weighted by Crippen LogP contribution is 2.53. The van der Waals surface area contributed by atoms with E-state index < -0.39 is 5.41 Å². The van der Waals surface area contributed by atoms with Crippen molar-refractivity contribution in [2.75, 3.05) is 26.2 Å². The van der Waals surface area contributed by atoms with Crippen LogP contribution in [0.4, 0.5) is 5.69 Å². The molecule has 0 aliphatic carbocycles. The fourth-order valence-corrected chi connectivity index (χ4v) is 4.24. The summed E-state index contributed by atoms with van der Waals surface area (Å²) in [7, 11) is 4.99. The summed E-state index contributed by atoms with van der Waals surface area (Å²) in [5.41, 5.74) is 2.21. The molecule has 1 amide bonds. The molecule has 5 heteroatoms. The molecule has 0 fully saturated rings. The molecule has 1 atom stereocenters. The molecule has 1 aliphatic rings. The minimum atomic E-state index is -1.06. The first-order valence-corrected chi connectivity index (χ1v) is 9.28. The molecular weight excluding hydrogens is 374 g/mol. The second-order valence-electron chi connectivity index (χ2n) is 6.71. The van der Waals surface area contributed by atoms with Gasteiger partial charge in [-0.2, -0.15) is 0 Å². The summed E-state index contributed by atoms with van der Waals surface area (Å²) in [5.74, 6) is 1.19. The van der Waals surface area contributed by atoms with Crippen LogP contribution in [-0.2, 0) is 10.2 Å². The lowest BCUT2D eigenvalue weighted by molar-refractivity contribution is -0.120. The molecule has 0 saturated carbocycles. The highest BCUT2D eigenvalue weighted by Gasteiger charge is 2.53. The van der Waals surface area contributed by atoms with Crippen molar-refractivity contribution in [1.82, 2.24) is 0 Å². The van der Waals surface area contributed by atoms with Crippen molar-refractivity contribution in [3.05, 3.63) is 88.4 Å². The fourth-order valence-electron chi connectivity index (χ4n) is 4.07. The largest absolute Gasteiger partial charge is 0.497 e. The summed E-state index contributed by atoms with van der Waals surface area (Å²) in [6, 6.07) is 20.8. The van der Waals surface area contributed by atoms with Crippen LogP contribution in [0.25, 0.3) is 0 Å². The highest BCUT2D eigenvalue weighted by molar-refractivity contribution is 6.31. The van der Waals surface area contributed by atoms with Gasteiger partial charge in [0.05, 0.1) is 14.2 Å². The van der Waals surface area contributed by atoms with Crippen molar-refractivity contribution in [3.63, 3.8) is 0 Å². The van der Waals surface area contributed by atoms with Crippen LogP contribution in [-0.4, -0.2) is 27.2 Å². The number of halogens is 1. The van der Waals surface area contributed by atoms with Crippen LogP contribution in [0.5, 0.6) is 11.5 Å². The number of hydrogen-bond acceptors (Lipinski definition) is 3. The minimum Gasteiger partial charge on any atom is -0.497 e. The van der Waals surface area contributed by atoms with Crippen LogP contribution in [0.3, 0.4) is 0 Å². The number of amides is 1. The lowest BCUT2D eigenvalue weighted by Crippen LogP contribution is -2.41. The van der Waals surface area contributed by atoms with Gasteiger partial charge in [0, 0.05) is 35.0 Å². The minimum absolute atomic E-state index is 0.0561.